The Hall–Kier alpha value is -1.07. The van der Waals surface area contributed by atoms with Crippen molar-refractivity contribution in [2.75, 3.05) is 26.4 Å². The van der Waals surface area contributed by atoms with Crippen molar-refractivity contribution in [3.05, 3.63) is 12.2 Å². The number of aliphatic hydroxyl groups is 4. The Bertz CT molecular complexity index is 977. The van der Waals surface area contributed by atoms with Crippen LogP contribution in [-0.4, -0.2) is 89.6 Å². The molecule has 0 aromatic heterocycles. The number of carbonyl (C=O) groups excluding carboxylic acids is 1. The van der Waals surface area contributed by atoms with E-state index in [1.54, 1.807) is 0 Å². The predicted octanol–water partition coefficient (Wildman–Crippen LogP) is 13.5. The monoisotopic (exact) mass is 897 g/mol. The summed E-state index contributed by atoms with van der Waals surface area (Å²) in [7, 11) is 0. The van der Waals surface area contributed by atoms with Gasteiger partial charge < -0.3 is 39.4 Å². The molecule has 0 aromatic carbocycles. The Balaban J connectivity index is 2.15. The highest BCUT2D eigenvalue weighted by Gasteiger charge is 2.44. The van der Waals surface area contributed by atoms with Crippen LogP contribution < -0.4 is 0 Å². The highest BCUT2D eigenvalue weighted by Crippen LogP contribution is 2.23. The summed E-state index contributed by atoms with van der Waals surface area (Å²) in [5.74, 6) is -0.307. The molecule has 0 aliphatic carbocycles. The number of rotatable bonds is 48. The topological polar surface area (TPSA) is 135 Å². The van der Waals surface area contributed by atoms with Gasteiger partial charge in [-0.25, -0.2) is 0 Å². The lowest BCUT2D eigenvalue weighted by atomic mass is 9.99. The zero-order valence-corrected chi connectivity index (χ0v) is 41.4. The van der Waals surface area contributed by atoms with Crippen LogP contribution in [0.5, 0.6) is 0 Å². The quantitative estimate of drug-likeness (QED) is 0.0267. The molecule has 0 bridgehead atoms. The molecule has 0 amide bonds. The fourth-order valence-electron chi connectivity index (χ4n) is 8.67. The van der Waals surface area contributed by atoms with E-state index in [0.717, 1.165) is 32.1 Å². The van der Waals surface area contributed by atoms with Crippen LogP contribution in [0.15, 0.2) is 12.2 Å². The van der Waals surface area contributed by atoms with Crippen LogP contribution in [0, 0.1) is 0 Å². The van der Waals surface area contributed by atoms with Crippen molar-refractivity contribution in [1.29, 1.82) is 0 Å². The van der Waals surface area contributed by atoms with E-state index in [1.165, 1.54) is 212 Å². The summed E-state index contributed by atoms with van der Waals surface area (Å²) in [6.45, 7) is 4.62. The van der Waals surface area contributed by atoms with Gasteiger partial charge in [0.05, 0.1) is 19.8 Å². The minimum absolute atomic E-state index is 0.107. The Morgan fingerprint density at radius 1 is 0.492 bits per heavy atom. The first-order chi connectivity index (χ1) is 30.9. The number of esters is 1. The van der Waals surface area contributed by atoms with Crippen molar-refractivity contribution in [1.82, 2.24) is 0 Å². The van der Waals surface area contributed by atoms with Gasteiger partial charge in [0.1, 0.15) is 30.5 Å². The number of unbranched alkanes of at least 4 members (excludes halogenated alkanes) is 35. The number of hydrogen-bond donors (Lipinski definition) is 4. The third kappa shape index (κ3) is 36.7. The molecule has 0 aromatic rings. The molecule has 1 aliphatic heterocycles. The van der Waals surface area contributed by atoms with Gasteiger partial charge in [-0.05, 0) is 38.5 Å². The Morgan fingerprint density at radius 2 is 0.873 bits per heavy atom. The van der Waals surface area contributed by atoms with Gasteiger partial charge in [0.15, 0.2) is 6.29 Å². The molecule has 9 nitrogen and oxygen atoms in total. The van der Waals surface area contributed by atoms with Gasteiger partial charge in [-0.1, -0.05) is 231 Å². The number of aliphatic hydroxyl groups excluding tert-OH is 4. The van der Waals surface area contributed by atoms with Gasteiger partial charge in [0, 0.05) is 13.0 Å². The van der Waals surface area contributed by atoms with Crippen molar-refractivity contribution >= 4 is 5.97 Å². The van der Waals surface area contributed by atoms with Crippen LogP contribution in [0.1, 0.15) is 264 Å². The standard InChI is InChI=1S/C54H104O9/c1-3-5-7-9-11-13-15-17-19-21-22-23-24-25-26-27-28-30-32-34-36-38-40-42-44-60-46-48(47-61-54-53(59)52(58)51(57)49(45-55)63-54)62-50(56)43-41-39-37-35-33-31-29-20-18-16-14-12-10-8-6-4-2/h21-22,48-49,51-55,57-59H,3-20,23-47H2,1-2H3/b22-21-. The lowest BCUT2D eigenvalue weighted by Crippen LogP contribution is -2.59. The number of allylic oxidation sites excluding steroid dienone is 2. The van der Waals surface area contributed by atoms with Crippen molar-refractivity contribution in [3.8, 4) is 0 Å². The summed E-state index contributed by atoms with van der Waals surface area (Å²) in [4.78, 5) is 12.8. The molecule has 63 heavy (non-hydrogen) atoms. The van der Waals surface area contributed by atoms with Gasteiger partial charge in [0.25, 0.3) is 0 Å². The van der Waals surface area contributed by atoms with Crippen LogP contribution in [0.4, 0.5) is 0 Å². The molecule has 4 N–H and O–H groups in total. The molecule has 1 heterocycles. The van der Waals surface area contributed by atoms with Crippen LogP contribution in [0.2, 0.25) is 0 Å². The Morgan fingerprint density at radius 3 is 1.29 bits per heavy atom. The Kier molecular flexibility index (Phi) is 43.8. The predicted molar refractivity (Wildman–Crippen MR) is 261 cm³/mol. The smallest absolute Gasteiger partial charge is 0.306 e. The zero-order valence-electron chi connectivity index (χ0n) is 41.4. The van der Waals surface area contributed by atoms with E-state index >= 15 is 0 Å². The van der Waals surface area contributed by atoms with Crippen LogP contribution in [0.3, 0.4) is 0 Å². The van der Waals surface area contributed by atoms with E-state index in [-0.39, 0.29) is 19.2 Å². The van der Waals surface area contributed by atoms with Gasteiger partial charge in [-0.3, -0.25) is 4.79 Å². The number of carbonyl (C=O) groups is 1. The summed E-state index contributed by atoms with van der Waals surface area (Å²) in [5.41, 5.74) is 0. The second kappa shape index (κ2) is 46.1. The molecule has 0 radical (unpaired) electrons. The van der Waals surface area contributed by atoms with Crippen molar-refractivity contribution < 1.29 is 44.2 Å². The average Bonchev–Trinajstić information content (AvgIpc) is 3.28. The summed E-state index contributed by atoms with van der Waals surface area (Å²) < 4.78 is 22.9. The normalized spacial score (nSPS) is 19.6. The van der Waals surface area contributed by atoms with E-state index < -0.39 is 43.4 Å². The molecule has 1 fully saturated rings. The molecule has 0 spiro atoms. The first-order valence-electron chi connectivity index (χ1n) is 27.3. The number of hydrogen-bond acceptors (Lipinski definition) is 9. The van der Waals surface area contributed by atoms with Crippen LogP contribution in [-0.2, 0) is 23.7 Å². The minimum atomic E-state index is -1.53. The maximum atomic E-state index is 12.8. The Labute approximate surface area is 388 Å². The molecule has 1 rings (SSSR count). The third-order valence-electron chi connectivity index (χ3n) is 12.9. The maximum Gasteiger partial charge on any atom is 0.306 e. The third-order valence-corrected chi connectivity index (χ3v) is 12.9. The fourth-order valence-corrected chi connectivity index (χ4v) is 8.67. The summed E-state index contributed by atoms with van der Waals surface area (Å²) >= 11 is 0. The van der Waals surface area contributed by atoms with E-state index in [0.29, 0.717) is 13.0 Å². The van der Waals surface area contributed by atoms with Crippen LogP contribution in [0.25, 0.3) is 0 Å². The SMILES string of the molecule is CCCCCCCCCC/C=C\CCCCCCCCCCCCCCOCC(COC1OC(CO)C(O)C(O)C1O)OC(=O)CCCCCCCCCCCCCCCCCC. The lowest BCUT2D eigenvalue weighted by Gasteiger charge is -2.39. The summed E-state index contributed by atoms with van der Waals surface area (Å²) in [6, 6.07) is 0. The largest absolute Gasteiger partial charge is 0.457 e. The van der Waals surface area contributed by atoms with E-state index in [4.69, 9.17) is 18.9 Å². The summed E-state index contributed by atoms with van der Waals surface area (Å²) in [5, 5.41) is 40.3. The molecule has 9 heteroatoms. The molecule has 6 atom stereocenters. The minimum Gasteiger partial charge on any atom is -0.457 e. The first-order valence-corrected chi connectivity index (χ1v) is 27.3. The highest BCUT2D eigenvalue weighted by atomic mass is 16.7. The van der Waals surface area contributed by atoms with Gasteiger partial charge in [-0.2, -0.15) is 0 Å². The maximum absolute atomic E-state index is 12.8. The molecular weight excluding hydrogens is 793 g/mol. The van der Waals surface area contributed by atoms with Crippen molar-refractivity contribution in [2.24, 2.45) is 0 Å². The van der Waals surface area contributed by atoms with Gasteiger partial charge >= 0.3 is 5.97 Å². The molecule has 1 aliphatic rings. The molecular formula is C54H104O9. The second-order valence-electron chi connectivity index (χ2n) is 19.0. The number of ether oxygens (including phenoxy) is 4. The van der Waals surface area contributed by atoms with Gasteiger partial charge in [-0.15, -0.1) is 0 Å². The molecule has 0 saturated carbocycles. The van der Waals surface area contributed by atoms with Crippen molar-refractivity contribution in [3.63, 3.8) is 0 Å². The lowest BCUT2D eigenvalue weighted by molar-refractivity contribution is -0.305. The van der Waals surface area contributed by atoms with Crippen LogP contribution >= 0.6 is 0 Å². The van der Waals surface area contributed by atoms with E-state index in [1.807, 2.05) is 0 Å². The van der Waals surface area contributed by atoms with Gasteiger partial charge in [0.2, 0.25) is 0 Å². The zero-order chi connectivity index (χ0) is 45.7. The summed E-state index contributed by atoms with van der Waals surface area (Å²) in [6.07, 6.45) is 46.8. The first kappa shape index (κ1) is 59.9. The highest BCUT2D eigenvalue weighted by molar-refractivity contribution is 5.69. The molecule has 1 saturated heterocycles. The molecule has 374 valence electrons. The average molecular weight is 897 g/mol. The van der Waals surface area contributed by atoms with E-state index in [9.17, 15) is 25.2 Å². The van der Waals surface area contributed by atoms with E-state index in [2.05, 4.69) is 26.0 Å². The fraction of sp³-hybridized carbons (Fsp3) is 0.944. The second-order valence-corrected chi connectivity index (χ2v) is 19.0. The van der Waals surface area contributed by atoms with Crippen molar-refractivity contribution in [2.45, 2.75) is 301 Å². The molecule has 6 unspecified atom stereocenters.